The molecule has 0 spiro atoms. The highest BCUT2D eigenvalue weighted by molar-refractivity contribution is 5.75. The first-order valence-corrected chi connectivity index (χ1v) is 4.33. The smallest absolute Gasteiger partial charge is 0.391 e. The summed E-state index contributed by atoms with van der Waals surface area (Å²) in [6, 6.07) is -0.819. The Morgan fingerprint density at radius 2 is 2.14 bits per heavy atom. The second-order valence-electron chi connectivity index (χ2n) is 3.29. The topological polar surface area (TPSA) is 38.3 Å². The maximum Gasteiger partial charge on any atom is 0.391 e. The zero-order valence-corrected chi connectivity index (χ0v) is 7.73. The number of carbonyl (C=O) groups is 1. The Bertz CT molecular complexity index is 217. The van der Waals surface area contributed by atoms with Crippen LogP contribution in [0.25, 0.3) is 0 Å². The fourth-order valence-corrected chi connectivity index (χ4v) is 1.54. The van der Waals surface area contributed by atoms with Gasteiger partial charge in [0.25, 0.3) is 0 Å². The van der Waals surface area contributed by atoms with Gasteiger partial charge in [0.05, 0.1) is 13.0 Å². The molecule has 82 valence electrons. The van der Waals surface area contributed by atoms with E-state index in [2.05, 4.69) is 10.1 Å². The number of hydrogen-bond donors (Lipinski definition) is 1. The van der Waals surface area contributed by atoms with Crippen LogP contribution in [0, 0.1) is 5.92 Å². The van der Waals surface area contributed by atoms with Gasteiger partial charge in [-0.2, -0.15) is 13.2 Å². The van der Waals surface area contributed by atoms with Gasteiger partial charge in [-0.1, -0.05) is 0 Å². The molecule has 0 aromatic heterocycles. The molecule has 2 unspecified atom stereocenters. The van der Waals surface area contributed by atoms with Crippen molar-refractivity contribution in [2.75, 3.05) is 13.7 Å². The number of carbonyl (C=O) groups excluding carboxylic acids is 1. The summed E-state index contributed by atoms with van der Waals surface area (Å²) in [6.45, 7) is 0.198. The maximum absolute atomic E-state index is 12.3. The Labute approximate surface area is 79.6 Å². The highest BCUT2D eigenvalue weighted by Crippen LogP contribution is 2.34. The minimum Gasteiger partial charge on any atom is -0.468 e. The van der Waals surface area contributed by atoms with Gasteiger partial charge >= 0.3 is 12.1 Å². The van der Waals surface area contributed by atoms with Crippen molar-refractivity contribution < 1.29 is 22.7 Å². The van der Waals surface area contributed by atoms with Crippen molar-refractivity contribution in [2.24, 2.45) is 5.92 Å². The van der Waals surface area contributed by atoms with E-state index in [1.54, 1.807) is 0 Å². The molecule has 2 atom stereocenters. The van der Waals surface area contributed by atoms with Crippen LogP contribution in [0.15, 0.2) is 0 Å². The van der Waals surface area contributed by atoms with Crippen LogP contribution in [-0.2, 0) is 9.53 Å². The highest BCUT2D eigenvalue weighted by Gasteiger charge is 2.43. The van der Waals surface area contributed by atoms with Crippen molar-refractivity contribution in [3.05, 3.63) is 0 Å². The van der Waals surface area contributed by atoms with Gasteiger partial charge in [0.2, 0.25) is 0 Å². The second kappa shape index (κ2) is 4.16. The van der Waals surface area contributed by atoms with Crippen molar-refractivity contribution in [2.45, 2.75) is 25.1 Å². The van der Waals surface area contributed by atoms with Gasteiger partial charge in [-0.25, -0.2) is 0 Å². The molecule has 3 nitrogen and oxygen atoms in total. The summed E-state index contributed by atoms with van der Waals surface area (Å²) in [7, 11) is 1.17. The van der Waals surface area contributed by atoms with Crippen LogP contribution in [0.3, 0.4) is 0 Å². The third kappa shape index (κ3) is 2.60. The van der Waals surface area contributed by atoms with Crippen molar-refractivity contribution in [3.8, 4) is 0 Å². The predicted octanol–water partition coefficient (Wildman–Crippen LogP) is 1.09. The quantitative estimate of drug-likeness (QED) is 0.660. The number of piperidine rings is 1. The molecule has 14 heavy (non-hydrogen) atoms. The summed E-state index contributed by atoms with van der Waals surface area (Å²) in [4.78, 5) is 11.0. The molecule has 1 aliphatic heterocycles. The summed E-state index contributed by atoms with van der Waals surface area (Å²) in [6.07, 6.45) is -4.42. The number of hydrogen-bond acceptors (Lipinski definition) is 3. The number of halogens is 3. The molecule has 0 saturated carbocycles. The van der Waals surface area contributed by atoms with Gasteiger partial charge in [-0.3, -0.25) is 4.79 Å². The minimum absolute atomic E-state index is 0.0248. The predicted molar refractivity (Wildman–Crippen MR) is 42.6 cm³/mol. The summed E-state index contributed by atoms with van der Waals surface area (Å²) in [5, 5.41) is 2.70. The van der Waals surface area contributed by atoms with E-state index >= 15 is 0 Å². The van der Waals surface area contributed by atoms with Gasteiger partial charge in [0, 0.05) is 0 Å². The van der Waals surface area contributed by atoms with E-state index in [4.69, 9.17) is 0 Å². The molecule has 1 aliphatic rings. The number of methoxy groups -OCH3 is 1. The summed E-state index contributed by atoms with van der Waals surface area (Å²) in [5.41, 5.74) is 0. The zero-order valence-electron chi connectivity index (χ0n) is 7.73. The third-order valence-corrected chi connectivity index (χ3v) is 2.35. The summed E-state index contributed by atoms with van der Waals surface area (Å²) < 4.78 is 41.3. The zero-order chi connectivity index (χ0) is 10.8. The Morgan fingerprint density at radius 3 is 2.64 bits per heavy atom. The molecule has 0 aromatic carbocycles. The van der Waals surface area contributed by atoms with Crippen molar-refractivity contribution in [1.29, 1.82) is 0 Å². The van der Waals surface area contributed by atoms with E-state index in [-0.39, 0.29) is 19.4 Å². The molecular weight excluding hydrogens is 199 g/mol. The van der Waals surface area contributed by atoms with Gasteiger partial charge in [-0.15, -0.1) is 0 Å². The highest BCUT2D eigenvalue weighted by atomic mass is 19.4. The Kier molecular flexibility index (Phi) is 3.36. The Hall–Kier alpha value is -0.780. The van der Waals surface area contributed by atoms with E-state index in [0.29, 0.717) is 0 Å². The van der Waals surface area contributed by atoms with E-state index in [9.17, 15) is 18.0 Å². The van der Waals surface area contributed by atoms with Gasteiger partial charge < -0.3 is 10.1 Å². The van der Waals surface area contributed by atoms with Crippen LogP contribution in [-0.4, -0.2) is 31.8 Å². The lowest BCUT2D eigenvalue weighted by Gasteiger charge is -2.29. The lowest BCUT2D eigenvalue weighted by Crippen LogP contribution is -2.47. The number of nitrogens with one attached hydrogen (secondary N) is 1. The maximum atomic E-state index is 12.3. The van der Waals surface area contributed by atoms with Gasteiger partial charge in [0.1, 0.15) is 6.04 Å². The largest absolute Gasteiger partial charge is 0.468 e. The lowest BCUT2D eigenvalue weighted by atomic mass is 9.92. The first-order valence-electron chi connectivity index (χ1n) is 4.33. The van der Waals surface area contributed by atoms with E-state index in [1.165, 1.54) is 7.11 Å². The monoisotopic (exact) mass is 211 g/mol. The van der Waals surface area contributed by atoms with Crippen LogP contribution in [0.2, 0.25) is 0 Å². The van der Waals surface area contributed by atoms with Crippen molar-refractivity contribution in [3.63, 3.8) is 0 Å². The molecule has 0 radical (unpaired) electrons. The molecule has 0 aliphatic carbocycles. The van der Waals surface area contributed by atoms with E-state index < -0.39 is 24.1 Å². The number of alkyl halides is 3. The fraction of sp³-hybridized carbons (Fsp3) is 0.875. The van der Waals surface area contributed by atoms with Crippen LogP contribution in [0.5, 0.6) is 0 Å². The van der Waals surface area contributed by atoms with Crippen LogP contribution in [0.1, 0.15) is 12.8 Å². The average molecular weight is 211 g/mol. The summed E-state index contributed by atoms with van der Waals surface area (Å²) in [5.74, 6) is -2.02. The molecule has 6 heteroatoms. The van der Waals surface area contributed by atoms with Gasteiger partial charge in [-0.05, 0) is 19.4 Å². The summed E-state index contributed by atoms with van der Waals surface area (Å²) >= 11 is 0. The average Bonchev–Trinajstić information content (AvgIpc) is 2.15. The van der Waals surface area contributed by atoms with E-state index in [0.717, 1.165) is 0 Å². The van der Waals surface area contributed by atoms with Crippen molar-refractivity contribution in [1.82, 2.24) is 5.32 Å². The SMILES string of the molecule is COC(=O)C1CC(C(F)(F)F)CCN1. The van der Waals surface area contributed by atoms with Crippen LogP contribution < -0.4 is 5.32 Å². The Balaban J connectivity index is 2.56. The van der Waals surface area contributed by atoms with Gasteiger partial charge in [0.15, 0.2) is 0 Å². The second-order valence-corrected chi connectivity index (χ2v) is 3.29. The molecular formula is C8H12F3NO2. The molecule has 0 aromatic rings. The first kappa shape index (κ1) is 11.3. The van der Waals surface area contributed by atoms with E-state index in [1.807, 2.05) is 0 Å². The molecule has 1 N–H and O–H groups in total. The standard InChI is InChI=1S/C8H12F3NO2/c1-14-7(13)6-4-5(2-3-12-6)8(9,10)11/h5-6,12H,2-4H2,1H3. The minimum atomic E-state index is -4.21. The number of esters is 1. The molecule has 1 heterocycles. The normalized spacial score (nSPS) is 28.6. The number of rotatable bonds is 1. The lowest BCUT2D eigenvalue weighted by molar-refractivity contribution is -0.185. The fourth-order valence-electron chi connectivity index (χ4n) is 1.54. The molecule has 1 fully saturated rings. The molecule has 1 rings (SSSR count). The molecule has 0 bridgehead atoms. The number of ether oxygens (including phenoxy) is 1. The van der Waals surface area contributed by atoms with Crippen molar-refractivity contribution >= 4 is 5.97 Å². The molecule has 0 amide bonds. The Morgan fingerprint density at radius 1 is 1.50 bits per heavy atom. The van der Waals surface area contributed by atoms with Crippen LogP contribution >= 0.6 is 0 Å². The third-order valence-electron chi connectivity index (χ3n) is 2.35. The molecule has 1 saturated heterocycles. The van der Waals surface area contributed by atoms with Crippen LogP contribution in [0.4, 0.5) is 13.2 Å². The first-order chi connectivity index (χ1) is 6.45.